The van der Waals surface area contributed by atoms with Crippen molar-refractivity contribution in [3.8, 4) is 0 Å². The Kier molecular flexibility index (Phi) is 6.66. The number of anilines is 1. The lowest BCUT2D eigenvalue weighted by molar-refractivity contribution is 0.0510. The molecule has 0 aliphatic carbocycles. The first-order valence-corrected chi connectivity index (χ1v) is 11.0. The van der Waals surface area contributed by atoms with Crippen molar-refractivity contribution >= 4 is 55.2 Å². The van der Waals surface area contributed by atoms with Crippen molar-refractivity contribution in [2.75, 3.05) is 25.1 Å². The number of halogens is 1. The summed E-state index contributed by atoms with van der Waals surface area (Å²) in [5.74, 6) is -0.868. The molecule has 0 spiro atoms. The normalized spacial score (nSPS) is 10.8. The van der Waals surface area contributed by atoms with E-state index in [0.717, 1.165) is 26.1 Å². The number of benzene rings is 3. The highest BCUT2D eigenvalue weighted by molar-refractivity contribution is 9.10. The average Bonchev–Trinajstić information content (AvgIpc) is 2.81. The number of nitrogens with zero attached hydrogens (tertiary/aromatic N) is 1. The minimum absolute atomic E-state index is 0.130. The van der Waals surface area contributed by atoms with E-state index in [9.17, 15) is 9.59 Å². The molecule has 1 N–H and O–H groups in total. The van der Waals surface area contributed by atoms with Crippen LogP contribution in [0.4, 0.5) is 5.69 Å². The number of hydrogen-bond acceptors (Lipinski definition) is 6. The number of carbonyl (C=O) groups excluding carboxylic acids is 2. The number of rotatable bonds is 7. The maximum Gasteiger partial charge on any atom is 0.341 e. The summed E-state index contributed by atoms with van der Waals surface area (Å²) in [6.45, 7) is 2.47. The molecule has 0 bridgehead atoms. The number of pyridine rings is 1. The zero-order chi connectivity index (χ0) is 22.5. The zero-order valence-electron chi connectivity index (χ0n) is 17.4. The van der Waals surface area contributed by atoms with Gasteiger partial charge in [0, 0.05) is 28.0 Å². The number of esters is 2. The van der Waals surface area contributed by atoms with Crippen LogP contribution in [0, 0.1) is 0 Å². The van der Waals surface area contributed by atoms with Crippen LogP contribution in [0.3, 0.4) is 0 Å². The largest absolute Gasteiger partial charge is 0.462 e. The van der Waals surface area contributed by atoms with E-state index in [0.29, 0.717) is 23.4 Å². The molecule has 6 nitrogen and oxygen atoms in total. The Balaban J connectivity index is 1.59. The van der Waals surface area contributed by atoms with Crippen LogP contribution in [-0.4, -0.2) is 36.7 Å². The molecule has 0 saturated carbocycles. The first kappa shape index (κ1) is 21.8. The van der Waals surface area contributed by atoms with Crippen molar-refractivity contribution in [3.05, 3.63) is 82.5 Å². The Labute approximate surface area is 193 Å². The molecule has 0 unspecified atom stereocenters. The smallest absolute Gasteiger partial charge is 0.341 e. The summed E-state index contributed by atoms with van der Waals surface area (Å²) >= 11 is 3.35. The molecule has 4 rings (SSSR count). The van der Waals surface area contributed by atoms with Crippen molar-refractivity contribution in [2.45, 2.75) is 6.92 Å². The molecule has 0 aliphatic heterocycles. The van der Waals surface area contributed by atoms with Crippen LogP contribution in [-0.2, 0) is 9.47 Å². The van der Waals surface area contributed by atoms with Gasteiger partial charge in [-0.15, -0.1) is 0 Å². The van der Waals surface area contributed by atoms with E-state index in [-0.39, 0.29) is 13.2 Å². The van der Waals surface area contributed by atoms with Gasteiger partial charge in [0.15, 0.2) is 0 Å². The van der Waals surface area contributed by atoms with Crippen LogP contribution < -0.4 is 5.32 Å². The summed E-state index contributed by atoms with van der Waals surface area (Å²) in [4.78, 5) is 29.4. The van der Waals surface area contributed by atoms with E-state index in [1.165, 1.54) is 6.20 Å². The first-order valence-electron chi connectivity index (χ1n) is 10.2. The Morgan fingerprint density at radius 1 is 0.969 bits per heavy atom. The summed E-state index contributed by atoms with van der Waals surface area (Å²) in [6.07, 6.45) is 1.53. The first-order chi connectivity index (χ1) is 15.6. The van der Waals surface area contributed by atoms with E-state index in [1.807, 2.05) is 42.5 Å². The fraction of sp³-hybridized carbons (Fsp3) is 0.160. The second-order valence-electron chi connectivity index (χ2n) is 7.02. The standard InChI is InChI=1S/C25H21BrN2O4/c1-2-31-25(30)21-15-28-22-19-9-4-3-6-16(19)10-11-20(22)23(21)27-12-13-32-24(29)17-7-5-8-18(26)14-17/h3-11,14-15H,2,12-13H2,1H3,(H,27,28). The van der Waals surface area contributed by atoms with Crippen molar-refractivity contribution in [1.29, 1.82) is 0 Å². The average molecular weight is 493 g/mol. The third-order valence-corrected chi connectivity index (χ3v) is 5.45. The van der Waals surface area contributed by atoms with E-state index in [1.54, 1.807) is 25.1 Å². The molecule has 7 heteroatoms. The third kappa shape index (κ3) is 4.57. The lowest BCUT2D eigenvalue weighted by atomic mass is 10.0. The summed E-state index contributed by atoms with van der Waals surface area (Å²) < 4.78 is 11.4. The maximum atomic E-state index is 12.5. The maximum absolute atomic E-state index is 12.5. The van der Waals surface area contributed by atoms with Gasteiger partial charge in [0.25, 0.3) is 0 Å². The van der Waals surface area contributed by atoms with E-state index in [2.05, 4.69) is 26.2 Å². The Bertz CT molecular complexity index is 1310. The molecule has 4 aromatic rings. The summed E-state index contributed by atoms with van der Waals surface area (Å²) in [6, 6.07) is 18.9. The van der Waals surface area contributed by atoms with Gasteiger partial charge in [-0.05, 0) is 30.5 Å². The van der Waals surface area contributed by atoms with E-state index in [4.69, 9.17) is 9.47 Å². The monoisotopic (exact) mass is 492 g/mol. The van der Waals surface area contributed by atoms with Gasteiger partial charge in [-0.1, -0.05) is 58.4 Å². The minimum atomic E-state index is -0.455. The fourth-order valence-electron chi connectivity index (χ4n) is 3.51. The van der Waals surface area contributed by atoms with Gasteiger partial charge in [0.05, 0.1) is 23.4 Å². The Morgan fingerprint density at radius 2 is 1.81 bits per heavy atom. The topological polar surface area (TPSA) is 77.5 Å². The van der Waals surface area contributed by atoms with E-state index < -0.39 is 11.9 Å². The Hall–Kier alpha value is -3.45. The van der Waals surface area contributed by atoms with Gasteiger partial charge in [0.2, 0.25) is 0 Å². The minimum Gasteiger partial charge on any atom is -0.462 e. The number of carbonyl (C=O) groups is 2. The molecule has 32 heavy (non-hydrogen) atoms. The van der Waals surface area contributed by atoms with Crippen LogP contribution in [0.25, 0.3) is 21.7 Å². The van der Waals surface area contributed by atoms with Gasteiger partial charge < -0.3 is 14.8 Å². The number of fused-ring (bicyclic) bond motifs is 3. The molecule has 0 amide bonds. The molecule has 1 heterocycles. The molecule has 3 aromatic carbocycles. The molecular weight excluding hydrogens is 472 g/mol. The van der Waals surface area contributed by atoms with E-state index >= 15 is 0 Å². The second kappa shape index (κ2) is 9.78. The highest BCUT2D eigenvalue weighted by Gasteiger charge is 2.18. The highest BCUT2D eigenvalue weighted by atomic mass is 79.9. The summed E-state index contributed by atoms with van der Waals surface area (Å²) in [7, 11) is 0. The van der Waals surface area contributed by atoms with Crippen molar-refractivity contribution in [3.63, 3.8) is 0 Å². The number of ether oxygens (including phenoxy) is 2. The lowest BCUT2D eigenvalue weighted by Gasteiger charge is -2.15. The number of aromatic nitrogens is 1. The molecule has 0 saturated heterocycles. The SMILES string of the molecule is CCOC(=O)c1cnc2c(ccc3ccccc32)c1NCCOC(=O)c1cccc(Br)c1. The lowest BCUT2D eigenvalue weighted by Crippen LogP contribution is -2.17. The molecule has 0 radical (unpaired) electrons. The van der Waals surface area contributed by atoms with Crippen LogP contribution in [0.2, 0.25) is 0 Å². The van der Waals surface area contributed by atoms with Gasteiger partial charge in [-0.25, -0.2) is 9.59 Å². The molecule has 162 valence electrons. The molecule has 1 aromatic heterocycles. The molecule has 0 atom stereocenters. The van der Waals surface area contributed by atoms with Crippen LogP contribution in [0.15, 0.2) is 71.3 Å². The summed E-state index contributed by atoms with van der Waals surface area (Å²) in [5.41, 5.74) is 2.20. The van der Waals surface area contributed by atoms with Gasteiger partial charge in [-0.3, -0.25) is 4.98 Å². The molecular formula is C25H21BrN2O4. The van der Waals surface area contributed by atoms with Crippen LogP contribution >= 0.6 is 15.9 Å². The van der Waals surface area contributed by atoms with Crippen molar-refractivity contribution in [1.82, 2.24) is 4.98 Å². The molecule has 0 aliphatic rings. The number of hydrogen-bond donors (Lipinski definition) is 1. The van der Waals surface area contributed by atoms with Gasteiger partial charge >= 0.3 is 11.9 Å². The quantitative estimate of drug-likeness (QED) is 0.205. The third-order valence-electron chi connectivity index (χ3n) is 4.95. The number of nitrogens with one attached hydrogen (secondary N) is 1. The Morgan fingerprint density at radius 3 is 2.62 bits per heavy atom. The highest BCUT2D eigenvalue weighted by Crippen LogP contribution is 2.31. The van der Waals surface area contributed by atoms with Gasteiger partial charge in [0.1, 0.15) is 12.2 Å². The summed E-state index contributed by atoms with van der Waals surface area (Å²) in [5, 5.41) is 6.10. The van der Waals surface area contributed by atoms with Gasteiger partial charge in [-0.2, -0.15) is 0 Å². The second-order valence-corrected chi connectivity index (χ2v) is 7.94. The van der Waals surface area contributed by atoms with Crippen LogP contribution in [0.5, 0.6) is 0 Å². The zero-order valence-corrected chi connectivity index (χ0v) is 19.0. The predicted octanol–water partition coefficient (Wildman–Crippen LogP) is 5.60. The predicted molar refractivity (Wildman–Crippen MR) is 128 cm³/mol. The van der Waals surface area contributed by atoms with Crippen molar-refractivity contribution in [2.24, 2.45) is 0 Å². The van der Waals surface area contributed by atoms with Crippen LogP contribution in [0.1, 0.15) is 27.6 Å². The fourth-order valence-corrected chi connectivity index (χ4v) is 3.91. The molecule has 0 fully saturated rings. The van der Waals surface area contributed by atoms with Crippen molar-refractivity contribution < 1.29 is 19.1 Å².